The first-order chi connectivity index (χ1) is 8.22. The average Bonchev–Trinajstić information content (AvgIpc) is 2.38. The van der Waals surface area contributed by atoms with Crippen LogP contribution in [0.3, 0.4) is 0 Å². The number of hydrogen-bond acceptors (Lipinski definition) is 5. The zero-order valence-corrected chi connectivity index (χ0v) is 9.91. The summed E-state index contributed by atoms with van der Waals surface area (Å²) in [7, 11) is 0. The van der Waals surface area contributed by atoms with Crippen LogP contribution in [0.2, 0.25) is 0 Å². The SMILES string of the molecule is CC1CN(c2ccc(CO)cn2)CC(CO)O1. The molecular weight excluding hydrogens is 220 g/mol. The van der Waals surface area contributed by atoms with Crippen molar-refractivity contribution in [3.63, 3.8) is 0 Å². The van der Waals surface area contributed by atoms with E-state index in [-0.39, 0.29) is 25.4 Å². The van der Waals surface area contributed by atoms with Crippen molar-refractivity contribution < 1.29 is 14.9 Å². The van der Waals surface area contributed by atoms with E-state index in [1.54, 1.807) is 6.20 Å². The van der Waals surface area contributed by atoms with E-state index in [2.05, 4.69) is 9.88 Å². The first-order valence-corrected chi connectivity index (χ1v) is 5.80. The largest absolute Gasteiger partial charge is 0.394 e. The maximum Gasteiger partial charge on any atom is 0.128 e. The van der Waals surface area contributed by atoms with Crippen molar-refractivity contribution in [1.29, 1.82) is 0 Å². The molecule has 2 N–H and O–H groups in total. The molecular formula is C12H18N2O3. The fourth-order valence-electron chi connectivity index (χ4n) is 2.03. The molecule has 5 heteroatoms. The van der Waals surface area contributed by atoms with E-state index >= 15 is 0 Å². The Bertz CT molecular complexity index is 355. The van der Waals surface area contributed by atoms with Crippen molar-refractivity contribution in [2.75, 3.05) is 24.6 Å². The summed E-state index contributed by atoms with van der Waals surface area (Å²) in [5.41, 5.74) is 0.800. The number of aliphatic hydroxyl groups is 2. The number of morpholine rings is 1. The summed E-state index contributed by atoms with van der Waals surface area (Å²) in [6.07, 6.45) is 1.60. The molecule has 0 saturated carbocycles. The molecule has 0 amide bonds. The summed E-state index contributed by atoms with van der Waals surface area (Å²) in [5.74, 6) is 0.857. The van der Waals surface area contributed by atoms with Crippen molar-refractivity contribution in [3.05, 3.63) is 23.9 Å². The van der Waals surface area contributed by atoms with Crippen LogP contribution in [0.5, 0.6) is 0 Å². The highest BCUT2D eigenvalue weighted by atomic mass is 16.5. The van der Waals surface area contributed by atoms with Gasteiger partial charge in [0.05, 0.1) is 25.4 Å². The lowest BCUT2D eigenvalue weighted by molar-refractivity contribution is -0.0423. The zero-order chi connectivity index (χ0) is 12.3. The van der Waals surface area contributed by atoms with Crippen LogP contribution in [0, 0.1) is 0 Å². The molecule has 0 radical (unpaired) electrons. The highest BCUT2D eigenvalue weighted by molar-refractivity contribution is 5.40. The van der Waals surface area contributed by atoms with E-state index in [4.69, 9.17) is 14.9 Å². The lowest BCUT2D eigenvalue weighted by Gasteiger charge is -2.36. The summed E-state index contributed by atoms with van der Waals surface area (Å²) in [6, 6.07) is 3.74. The molecule has 1 aromatic heterocycles. The van der Waals surface area contributed by atoms with Gasteiger partial charge in [0, 0.05) is 19.3 Å². The second-order valence-corrected chi connectivity index (χ2v) is 4.34. The van der Waals surface area contributed by atoms with E-state index in [1.807, 2.05) is 19.1 Å². The quantitative estimate of drug-likeness (QED) is 0.785. The Balaban J connectivity index is 2.09. The summed E-state index contributed by atoms with van der Waals surface area (Å²) >= 11 is 0. The number of aliphatic hydroxyl groups excluding tert-OH is 2. The van der Waals surface area contributed by atoms with E-state index in [9.17, 15) is 0 Å². The fraction of sp³-hybridized carbons (Fsp3) is 0.583. The first-order valence-electron chi connectivity index (χ1n) is 5.80. The molecule has 0 aliphatic carbocycles. The molecule has 2 unspecified atom stereocenters. The van der Waals surface area contributed by atoms with Gasteiger partial charge in [-0.3, -0.25) is 0 Å². The number of rotatable bonds is 3. The minimum absolute atomic E-state index is 0.00601. The van der Waals surface area contributed by atoms with Gasteiger partial charge in [-0.05, 0) is 18.6 Å². The molecule has 5 nitrogen and oxygen atoms in total. The number of pyridine rings is 1. The first kappa shape index (κ1) is 12.3. The molecule has 0 aromatic carbocycles. The van der Waals surface area contributed by atoms with Crippen LogP contribution in [0.15, 0.2) is 18.3 Å². The third-order valence-corrected chi connectivity index (χ3v) is 2.85. The molecule has 0 bridgehead atoms. The minimum Gasteiger partial charge on any atom is -0.394 e. The third kappa shape index (κ3) is 2.94. The van der Waals surface area contributed by atoms with Crippen molar-refractivity contribution in [3.8, 4) is 0 Å². The van der Waals surface area contributed by atoms with E-state index < -0.39 is 0 Å². The maximum absolute atomic E-state index is 9.15. The van der Waals surface area contributed by atoms with Gasteiger partial charge in [-0.15, -0.1) is 0 Å². The molecule has 2 atom stereocenters. The van der Waals surface area contributed by atoms with Crippen LogP contribution in [0.25, 0.3) is 0 Å². The Labute approximate surface area is 101 Å². The predicted octanol–water partition coefficient (Wildman–Crippen LogP) is 0.160. The van der Waals surface area contributed by atoms with E-state index in [0.717, 1.165) is 17.9 Å². The van der Waals surface area contributed by atoms with Gasteiger partial charge in [-0.1, -0.05) is 6.07 Å². The maximum atomic E-state index is 9.15. The standard InChI is InChI=1S/C12H18N2O3/c1-9-5-14(6-11(8-16)17-9)12-3-2-10(7-15)4-13-12/h2-4,9,11,15-16H,5-8H2,1H3. The Morgan fingerprint density at radius 2 is 2.24 bits per heavy atom. The number of anilines is 1. The van der Waals surface area contributed by atoms with Crippen molar-refractivity contribution in [2.45, 2.75) is 25.7 Å². The van der Waals surface area contributed by atoms with Crippen LogP contribution >= 0.6 is 0 Å². The summed E-state index contributed by atoms with van der Waals surface area (Å²) in [6.45, 7) is 3.42. The highest BCUT2D eigenvalue weighted by Gasteiger charge is 2.25. The van der Waals surface area contributed by atoms with Crippen LogP contribution in [-0.4, -0.2) is 47.1 Å². The molecule has 2 heterocycles. The molecule has 94 valence electrons. The Kier molecular flexibility index (Phi) is 3.93. The molecule has 2 rings (SSSR count). The van der Waals surface area contributed by atoms with E-state index in [0.29, 0.717) is 6.54 Å². The monoisotopic (exact) mass is 238 g/mol. The number of aromatic nitrogens is 1. The van der Waals surface area contributed by atoms with E-state index in [1.165, 1.54) is 0 Å². The van der Waals surface area contributed by atoms with Crippen LogP contribution in [0.1, 0.15) is 12.5 Å². The van der Waals surface area contributed by atoms with Gasteiger partial charge < -0.3 is 19.8 Å². The molecule has 1 fully saturated rings. The lowest BCUT2D eigenvalue weighted by Crippen LogP contribution is -2.48. The van der Waals surface area contributed by atoms with Crippen LogP contribution < -0.4 is 4.90 Å². The molecule has 1 saturated heterocycles. The van der Waals surface area contributed by atoms with Crippen LogP contribution in [-0.2, 0) is 11.3 Å². The number of nitrogens with zero attached hydrogens (tertiary/aromatic N) is 2. The highest BCUT2D eigenvalue weighted by Crippen LogP contribution is 2.18. The third-order valence-electron chi connectivity index (χ3n) is 2.85. The van der Waals surface area contributed by atoms with Gasteiger partial charge in [-0.2, -0.15) is 0 Å². The van der Waals surface area contributed by atoms with Gasteiger partial charge in [0.15, 0.2) is 0 Å². The lowest BCUT2D eigenvalue weighted by atomic mass is 10.2. The molecule has 17 heavy (non-hydrogen) atoms. The van der Waals surface area contributed by atoms with Gasteiger partial charge >= 0.3 is 0 Å². The Morgan fingerprint density at radius 3 is 2.82 bits per heavy atom. The predicted molar refractivity (Wildman–Crippen MR) is 63.8 cm³/mol. The van der Waals surface area contributed by atoms with Gasteiger partial charge in [0.2, 0.25) is 0 Å². The summed E-state index contributed by atoms with van der Waals surface area (Å²) in [4.78, 5) is 6.40. The number of ether oxygens (including phenoxy) is 1. The zero-order valence-electron chi connectivity index (χ0n) is 9.91. The molecule has 1 aromatic rings. The Morgan fingerprint density at radius 1 is 1.41 bits per heavy atom. The summed E-state index contributed by atoms with van der Waals surface area (Å²) in [5, 5.41) is 18.1. The van der Waals surface area contributed by atoms with Gasteiger partial charge in [0.25, 0.3) is 0 Å². The van der Waals surface area contributed by atoms with Crippen molar-refractivity contribution >= 4 is 5.82 Å². The second-order valence-electron chi connectivity index (χ2n) is 4.34. The summed E-state index contributed by atoms with van der Waals surface area (Å²) < 4.78 is 5.57. The van der Waals surface area contributed by atoms with Crippen molar-refractivity contribution in [1.82, 2.24) is 4.98 Å². The smallest absolute Gasteiger partial charge is 0.128 e. The number of hydrogen-bond donors (Lipinski definition) is 2. The Hall–Kier alpha value is -1.17. The normalized spacial score (nSPS) is 25.0. The second kappa shape index (κ2) is 5.44. The average molecular weight is 238 g/mol. The van der Waals surface area contributed by atoms with Crippen molar-refractivity contribution in [2.24, 2.45) is 0 Å². The van der Waals surface area contributed by atoms with Gasteiger partial charge in [0.1, 0.15) is 5.82 Å². The molecule has 0 spiro atoms. The topological polar surface area (TPSA) is 65.8 Å². The minimum atomic E-state index is -0.155. The fourth-order valence-corrected chi connectivity index (χ4v) is 2.03. The van der Waals surface area contributed by atoms with Gasteiger partial charge in [-0.25, -0.2) is 4.98 Å². The molecule has 1 aliphatic rings. The van der Waals surface area contributed by atoms with Crippen LogP contribution in [0.4, 0.5) is 5.82 Å². The molecule has 1 aliphatic heterocycles.